The van der Waals surface area contributed by atoms with Gasteiger partial charge in [0.05, 0.1) is 11.3 Å². The fourth-order valence-electron chi connectivity index (χ4n) is 4.83. The summed E-state index contributed by atoms with van der Waals surface area (Å²) < 4.78 is 41.4. The van der Waals surface area contributed by atoms with Crippen molar-refractivity contribution in [1.82, 2.24) is 19.4 Å². The van der Waals surface area contributed by atoms with Crippen LogP contribution < -0.4 is 5.56 Å². The molecule has 6 nitrogen and oxygen atoms in total. The second-order valence-corrected chi connectivity index (χ2v) is 9.01. The summed E-state index contributed by atoms with van der Waals surface area (Å²) in [4.78, 5) is 34.1. The first-order valence-electron chi connectivity index (χ1n) is 11.8. The van der Waals surface area contributed by atoms with E-state index in [-0.39, 0.29) is 41.6 Å². The van der Waals surface area contributed by atoms with Crippen LogP contribution >= 0.6 is 12.4 Å². The molecule has 0 N–H and O–H groups in total. The Balaban J connectivity index is 0.00000361. The zero-order valence-electron chi connectivity index (χ0n) is 20.5. The van der Waals surface area contributed by atoms with Crippen molar-refractivity contribution >= 4 is 29.3 Å². The van der Waals surface area contributed by atoms with E-state index in [4.69, 9.17) is 0 Å². The van der Waals surface area contributed by atoms with Crippen LogP contribution in [0.1, 0.15) is 50.3 Å². The molecular formula is C26H30ClF3N4O2. The lowest BCUT2D eigenvalue weighted by Crippen LogP contribution is -2.46. The summed E-state index contributed by atoms with van der Waals surface area (Å²) >= 11 is 0. The van der Waals surface area contributed by atoms with E-state index < -0.39 is 11.7 Å². The van der Waals surface area contributed by atoms with Crippen molar-refractivity contribution in [1.29, 1.82) is 0 Å². The van der Waals surface area contributed by atoms with E-state index in [0.717, 1.165) is 25.0 Å². The van der Waals surface area contributed by atoms with Gasteiger partial charge in [-0.3, -0.25) is 19.1 Å². The standard InChI is InChI=1S/C26H29F3N4O2.ClH/c1-4-23(34)31(3)20-10-13-32(14-11-20)17(2)22-15-18-7-6-12-30-24(18)33(25(22)35)21-9-5-8-19(16-21)26(27,28)29;/h5-9,12,15-17,20H,4,10-11,13-14H2,1-3H3;1H. The lowest BCUT2D eigenvalue weighted by Gasteiger charge is -2.39. The fourth-order valence-corrected chi connectivity index (χ4v) is 4.83. The zero-order valence-corrected chi connectivity index (χ0v) is 21.3. The molecule has 0 bridgehead atoms. The molecule has 1 amide bonds. The molecule has 0 aliphatic carbocycles. The highest BCUT2D eigenvalue weighted by Crippen LogP contribution is 2.31. The second kappa shape index (κ2) is 11.0. The van der Waals surface area contributed by atoms with Crippen LogP contribution in [0.4, 0.5) is 13.2 Å². The number of piperidine rings is 1. The van der Waals surface area contributed by atoms with E-state index in [1.54, 1.807) is 18.2 Å². The van der Waals surface area contributed by atoms with Gasteiger partial charge in [-0.15, -0.1) is 12.4 Å². The predicted molar refractivity (Wildman–Crippen MR) is 136 cm³/mol. The largest absolute Gasteiger partial charge is 0.416 e. The third-order valence-electron chi connectivity index (χ3n) is 6.96. The van der Waals surface area contributed by atoms with Gasteiger partial charge in [0.1, 0.15) is 5.65 Å². The number of likely N-dealkylation sites (tertiary alicyclic amines) is 1. The molecule has 36 heavy (non-hydrogen) atoms. The van der Waals surface area contributed by atoms with Crippen LogP contribution in [0.15, 0.2) is 53.5 Å². The van der Waals surface area contributed by atoms with E-state index in [0.29, 0.717) is 36.1 Å². The van der Waals surface area contributed by atoms with Crippen LogP contribution in [-0.4, -0.2) is 51.4 Å². The second-order valence-electron chi connectivity index (χ2n) is 9.01. The van der Waals surface area contributed by atoms with E-state index in [1.165, 1.54) is 22.9 Å². The average Bonchev–Trinajstić information content (AvgIpc) is 2.86. The van der Waals surface area contributed by atoms with Gasteiger partial charge >= 0.3 is 6.18 Å². The number of hydrogen-bond acceptors (Lipinski definition) is 4. The molecule has 1 aliphatic heterocycles. The normalized spacial score (nSPS) is 15.9. The molecule has 1 unspecified atom stereocenters. The number of aromatic nitrogens is 2. The van der Waals surface area contributed by atoms with Crippen LogP contribution in [0.25, 0.3) is 16.7 Å². The van der Waals surface area contributed by atoms with Gasteiger partial charge in [-0.1, -0.05) is 13.0 Å². The highest BCUT2D eigenvalue weighted by Gasteiger charge is 2.32. The third-order valence-corrected chi connectivity index (χ3v) is 6.96. The van der Waals surface area contributed by atoms with Crippen LogP contribution in [0.3, 0.4) is 0 Å². The summed E-state index contributed by atoms with van der Waals surface area (Å²) in [7, 11) is 1.83. The maximum absolute atomic E-state index is 13.7. The van der Waals surface area contributed by atoms with Crippen molar-refractivity contribution in [3.8, 4) is 5.69 Å². The molecule has 1 saturated heterocycles. The first kappa shape index (κ1) is 27.7. The minimum Gasteiger partial charge on any atom is -0.343 e. The molecule has 10 heteroatoms. The van der Waals surface area contributed by atoms with Crippen LogP contribution in [0, 0.1) is 0 Å². The van der Waals surface area contributed by atoms with Crippen molar-refractivity contribution < 1.29 is 18.0 Å². The summed E-state index contributed by atoms with van der Waals surface area (Å²) in [6.07, 6.45) is -0.946. The number of nitrogens with zero attached hydrogens (tertiary/aromatic N) is 4. The van der Waals surface area contributed by atoms with E-state index in [2.05, 4.69) is 9.88 Å². The highest BCUT2D eigenvalue weighted by atomic mass is 35.5. The quantitative estimate of drug-likeness (QED) is 0.461. The molecule has 3 aromatic rings. The predicted octanol–water partition coefficient (Wildman–Crippen LogP) is 5.22. The summed E-state index contributed by atoms with van der Waals surface area (Å²) in [5, 5.41) is 0.675. The van der Waals surface area contributed by atoms with Gasteiger partial charge in [-0.25, -0.2) is 4.98 Å². The van der Waals surface area contributed by atoms with Gasteiger partial charge in [0.15, 0.2) is 0 Å². The Labute approximate surface area is 214 Å². The Kier molecular flexibility index (Phi) is 8.46. The van der Waals surface area contributed by atoms with Crippen molar-refractivity contribution in [3.05, 3.63) is 70.1 Å². The molecule has 0 saturated carbocycles. The monoisotopic (exact) mass is 522 g/mol. The Hall–Kier alpha value is -2.91. The molecule has 3 heterocycles. The Morgan fingerprint density at radius 3 is 2.50 bits per heavy atom. The third kappa shape index (κ3) is 5.42. The summed E-state index contributed by atoms with van der Waals surface area (Å²) in [6.45, 7) is 5.21. The number of pyridine rings is 2. The minimum absolute atomic E-state index is 0. The van der Waals surface area contributed by atoms with E-state index in [9.17, 15) is 22.8 Å². The molecule has 1 atom stereocenters. The molecule has 4 rings (SSSR count). The smallest absolute Gasteiger partial charge is 0.343 e. The van der Waals surface area contributed by atoms with Gasteiger partial charge in [0.2, 0.25) is 5.91 Å². The topological polar surface area (TPSA) is 58.4 Å². The van der Waals surface area contributed by atoms with Crippen molar-refractivity contribution in [2.75, 3.05) is 20.1 Å². The number of carbonyl (C=O) groups is 1. The van der Waals surface area contributed by atoms with Gasteiger partial charge in [-0.05, 0) is 56.2 Å². The van der Waals surface area contributed by atoms with Crippen molar-refractivity contribution in [2.24, 2.45) is 0 Å². The van der Waals surface area contributed by atoms with Crippen molar-refractivity contribution in [2.45, 2.75) is 51.4 Å². The van der Waals surface area contributed by atoms with Crippen molar-refractivity contribution in [3.63, 3.8) is 0 Å². The maximum Gasteiger partial charge on any atom is 0.416 e. The number of carbonyl (C=O) groups excluding carboxylic acids is 1. The Morgan fingerprint density at radius 2 is 1.86 bits per heavy atom. The summed E-state index contributed by atoms with van der Waals surface area (Å²) in [5.41, 5.74) is -0.271. The van der Waals surface area contributed by atoms with Gasteiger partial charge in [-0.2, -0.15) is 13.2 Å². The molecular weight excluding hydrogens is 493 g/mol. The minimum atomic E-state index is -4.52. The highest BCUT2D eigenvalue weighted by molar-refractivity contribution is 5.85. The van der Waals surface area contributed by atoms with Gasteiger partial charge < -0.3 is 4.90 Å². The number of amides is 1. The molecule has 2 aromatic heterocycles. The average molecular weight is 523 g/mol. The molecule has 0 spiro atoms. The molecule has 1 aromatic carbocycles. The number of hydrogen-bond donors (Lipinski definition) is 0. The first-order valence-corrected chi connectivity index (χ1v) is 11.8. The molecule has 1 fully saturated rings. The van der Waals surface area contributed by atoms with E-state index in [1.807, 2.05) is 25.8 Å². The molecule has 1 aliphatic rings. The van der Waals surface area contributed by atoms with Crippen LogP contribution in [0.5, 0.6) is 0 Å². The fraction of sp³-hybridized carbons (Fsp3) is 0.423. The zero-order chi connectivity index (χ0) is 25.3. The van der Waals surface area contributed by atoms with Gasteiger partial charge in [0, 0.05) is 55.8 Å². The summed E-state index contributed by atoms with van der Waals surface area (Å²) in [6, 6.07) is 10.0. The number of rotatable bonds is 5. The summed E-state index contributed by atoms with van der Waals surface area (Å²) in [5.74, 6) is 0.113. The number of benzene rings is 1. The lowest BCUT2D eigenvalue weighted by atomic mass is 9.99. The number of fused-ring (bicyclic) bond motifs is 1. The number of alkyl halides is 3. The van der Waals surface area contributed by atoms with Crippen LogP contribution in [-0.2, 0) is 11.0 Å². The van der Waals surface area contributed by atoms with Crippen LogP contribution in [0.2, 0.25) is 0 Å². The molecule has 194 valence electrons. The first-order chi connectivity index (χ1) is 16.6. The number of halogens is 4. The molecule has 0 radical (unpaired) electrons. The Morgan fingerprint density at radius 1 is 1.17 bits per heavy atom. The van der Waals surface area contributed by atoms with Gasteiger partial charge in [0.25, 0.3) is 5.56 Å². The SMILES string of the molecule is CCC(=O)N(C)C1CCN(C(C)c2cc3cccnc3n(-c3cccc(C(F)(F)F)c3)c2=O)CC1.Cl. The maximum atomic E-state index is 13.7. The Bertz CT molecular complexity index is 1290. The van der Waals surface area contributed by atoms with E-state index >= 15 is 0 Å². The lowest BCUT2D eigenvalue weighted by molar-refractivity contribution is -0.137.